The maximum atomic E-state index is 13.8. The highest BCUT2D eigenvalue weighted by atomic mass is 79.9. The van der Waals surface area contributed by atoms with E-state index in [1.165, 1.54) is 6.07 Å². The summed E-state index contributed by atoms with van der Waals surface area (Å²) in [4.78, 5) is 0. The summed E-state index contributed by atoms with van der Waals surface area (Å²) in [7, 11) is 0. The van der Waals surface area contributed by atoms with E-state index in [9.17, 15) is 4.39 Å². The van der Waals surface area contributed by atoms with Gasteiger partial charge in [-0.25, -0.2) is 4.39 Å². The normalized spacial score (nSPS) is 23.1. The first-order valence-corrected chi connectivity index (χ1v) is 6.78. The maximum Gasteiger partial charge on any atom is 0.166 e. The van der Waals surface area contributed by atoms with Crippen molar-refractivity contribution in [3.63, 3.8) is 0 Å². The van der Waals surface area contributed by atoms with Crippen molar-refractivity contribution in [2.24, 2.45) is 5.92 Å². The molecule has 2 unspecified atom stereocenters. The maximum absolute atomic E-state index is 13.8. The fraction of sp³-hybridized carbons (Fsp3) is 0.538. The van der Waals surface area contributed by atoms with E-state index in [0.717, 1.165) is 23.0 Å². The molecule has 0 saturated heterocycles. The van der Waals surface area contributed by atoms with Crippen LogP contribution in [0.25, 0.3) is 0 Å². The van der Waals surface area contributed by atoms with Crippen LogP contribution < -0.4 is 10.1 Å². The molecule has 2 nitrogen and oxygen atoms in total. The quantitative estimate of drug-likeness (QED) is 0.920. The average Bonchev–Trinajstić information content (AvgIpc) is 2.27. The predicted octanol–water partition coefficient (Wildman–Crippen LogP) is 3.66. The zero-order chi connectivity index (χ0) is 12.4. The fourth-order valence-electron chi connectivity index (χ4n) is 2.19. The van der Waals surface area contributed by atoms with E-state index in [1.807, 2.05) is 6.07 Å². The lowest BCUT2D eigenvalue weighted by atomic mass is 9.92. The van der Waals surface area contributed by atoms with Crippen LogP contribution in [0.1, 0.15) is 31.9 Å². The van der Waals surface area contributed by atoms with Gasteiger partial charge in [0, 0.05) is 22.0 Å². The molecule has 1 N–H and O–H groups in total. The Morgan fingerprint density at radius 2 is 2.29 bits per heavy atom. The van der Waals surface area contributed by atoms with Crippen LogP contribution in [0, 0.1) is 11.7 Å². The highest BCUT2D eigenvalue weighted by Crippen LogP contribution is 2.38. The lowest BCUT2D eigenvalue weighted by Gasteiger charge is -2.32. The second-order valence-electron chi connectivity index (χ2n) is 4.53. The largest absolute Gasteiger partial charge is 0.490 e. The van der Waals surface area contributed by atoms with Crippen molar-refractivity contribution in [3.05, 3.63) is 28.0 Å². The Morgan fingerprint density at radius 1 is 1.53 bits per heavy atom. The molecule has 1 heterocycles. The third-order valence-electron chi connectivity index (χ3n) is 3.05. The SMILES string of the molecule is CCCNC1c2cc(Br)cc(F)c2OCC1C. The van der Waals surface area contributed by atoms with Gasteiger partial charge in [0.2, 0.25) is 0 Å². The highest BCUT2D eigenvalue weighted by Gasteiger charge is 2.29. The molecule has 94 valence electrons. The van der Waals surface area contributed by atoms with E-state index in [-0.39, 0.29) is 11.9 Å². The summed E-state index contributed by atoms with van der Waals surface area (Å²) >= 11 is 3.33. The summed E-state index contributed by atoms with van der Waals surface area (Å²) in [6.07, 6.45) is 1.07. The molecule has 0 fully saturated rings. The van der Waals surface area contributed by atoms with Gasteiger partial charge >= 0.3 is 0 Å². The van der Waals surface area contributed by atoms with Gasteiger partial charge in [0.1, 0.15) is 0 Å². The molecule has 1 aromatic carbocycles. The first kappa shape index (κ1) is 12.8. The molecule has 2 atom stereocenters. The minimum absolute atomic E-state index is 0.172. The molecule has 0 aromatic heterocycles. The number of nitrogens with one attached hydrogen (secondary N) is 1. The lowest BCUT2D eigenvalue weighted by molar-refractivity contribution is 0.181. The number of benzene rings is 1. The number of ether oxygens (including phenoxy) is 1. The van der Waals surface area contributed by atoms with Crippen molar-refractivity contribution < 1.29 is 9.13 Å². The van der Waals surface area contributed by atoms with Crippen LogP contribution in [0.15, 0.2) is 16.6 Å². The van der Waals surface area contributed by atoms with Crippen molar-refractivity contribution >= 4 is 15.9 Å². The third-order valence-corrected chi connectivity index (χ3v) is 3.50. The van der Waals surface area contributed by atoms with Crippen LogP contribution in [-0.2, 0) is 0 Å². The predicted molar refractivity (Wildman–Crippen MR) is 69.8 cm³/mol. The summed E-state index contributed by atoms with van der Waals surface area (Å²) in [5, 5.41) is 3.46. The van der Waals surface area contributed by atoms with Crippen LogP contribution >= 0.6 is 15.9 Å². The standard InChI is InChI=1S/C13H17BrFNO/c1-3-4-16-12-8(2)7-17-13-10(12)5-9(14)6-11(13)15/h5-6,8,12,16H,3-4,7H2,1-2H3. The van der Waals surface area contributed by atoms with Crippen molar-refractivity contribution in [3.8, 4) is 5.75 Å². The second kappa shape index (κ2) is 5.36. The number of hydrogen-bond donors (Lipinski definition) is 1. The van der Waals surface area contributed by atoms with Crippen LogP contribution in [0.4, 0.5) is 4.39 Å². The molecule has 2 rings (SSSR count). The van der Waals surface area contributed by atoms with E-state index >= 15 is 0 Å². The summed E-state index contributed by atoms with van der Waals surface area (Å²) in [6, 6.07) is 3.57. The van der Waals surface area contributed by atoms with Crippen molar-refractivity contribution in [1.29, 1.82) is 0 Å². The molecule has 0 bridgehead atoms. The highest BCUT2D eigenvalue weighted by molar-refractivity contribution is 9.10. The molecular weight excluding hydrogens is 285 g/mol. The number of hydrogen-bond acceptors (Lipinski definition) is 2. The summed E-state index contributed by atoms with van der Waals surface area (Å²) in [5.74, 6) is 0.465. The van der Waals surface area contributed by atoms with E-state index in [2.05, 4.69) is 35.1 Å². The Kier molecular flexibility index (Phi) is 4.05. The van der Waals surface area contributed by atoms with E-state index in [1.54, 1.807) is 0 Å². The van der Waals surface area contributed by atoms with Crippen LogP contribution in [0.3, 0.4) is 0 Å². The molecule has 1 aromatic rings. The van der Waals surface area contributed by atoms with Crippen molar-refractivity contribution in [2.75, 3.05) is 13.2 Å². The van der Waals surface area contributed by atoms with Gasteiger partial charge in [0.25, 0.3) is 0 Å². The Hall–Kier alpha value is -0.610. The molecule has 0 amide bonds. The topological polar surface area (TPSA) is 21.3 Å². The minimum atomic E-state index is -0.287. The van der Waals surface area contributed by atoms with E-state index in [4.69, 9.17) is 4.74 Å². The van der Waals surface area contributed by atoms with Crippen LogP contribution in [0.2, 0.25) is 0 Å². The lowest BCUT2D eigenvalue weighted by Crippen LogP contribution is -2.34. The molecule has 0 spiro atoms. The van der Waals surface area contributed by atoms with Gasteiger partial charge in [-0.1, -0.05) is 29.8 Å². The first-order chi connectivity index (χ1) is 8.13. The molecule has 1 aliphatic heterocycles. The van der Waals surface area contributed by atoms with Crippen LogP contribution in [-0.4, -0.2) is 13.2 Å². The Bertz CT molecular complexity index is 411. The van der Waals surface area contributed by atoms with Gasteiger partial charge in [0.15, 0.2) is 11.6 Å². The summed E-state index contributed by atoms with van der Waals surface area (Å²) in [6.45, 7) is 5.74. The number of fused-ring (bicyclic) bond motifs is 1. The van der Waals surface area contributed by atoms with Gasteiger partial charge in [-0.2, -0.15) is 0 Å². The summed E-state index contributed by atoms with van der Waals surface area (Å²) < 4.78 is 20.0. The Labute approximate surface area is 110 Å². The van der Waals surface area contributed by atoms with Gasteiger partial charge in [-0.3, -0.25) is 0 Å². The third kappa shape index (κ3) is 2.63. The molecule has 0 saturated carbocycles. The summed E-state index contributed by atoms with van der Waals surface area (Å²) in [5.41, 5.74) is 0.920. The van der Waals surface area contributed by atoms with E-state index in [0.29, 0.717) is 18.3 Å². The zero-order valence-electron chi connectivity index (χ0n) is 10.1. The molecular formula is C13H17BrFNO. The average molecular weight is 302 g/mol. The Balaban J connectivity index is 2.36. The fourth-order valence-corrected chi connectivity index (χ4v) is 2.64. The van der Waals surface area contributed by atoms with E-state index < -0.39 is 0 Å². The van der Waals surface area contributed by atoms with Gasteiger partial charge in [-0.15, -0.1) is 0 Å². The smallest absolute Gasteiger partial charge is 0.166 e. The van der Waals surface area contributed by atoms with Crippen molar-refractivity contribution in [2.45, 2.75) is 26.3 Å². The molecule has 0 radical (unpaired) electrons. The van der Waals surface area contributed by atoms with Crippen LogP contribution in [0.5, 0.6) is 5.75 Å². The Morgan fingerprint density at radius 3 is 3.00 bits per heavy atom. The second-order valence-corrected chi connectivity index (χ2v) is 5.44. The monoisotopic (exact) mass is 301 g/mol. The molecule has 4 heteroatoms. The van der Waals surface area contributed by atoms with Gasteiger partial charge < -0.3 is 10.1 Å². The zero-order valence-corrected chi connectivity index (χ0v) is 11.7. The molecule has 17 heavy (non-hydrogen) atoms. The van der Waals surface area contributed by atoms with Gasteiger partial charge in [-0.05, 0) is 25.1 Å². The number of halogens is 2. The van der Waals surface area contributed by atoms with Gasteiger partial charge in [0.05, 0.1) is 6.61 Å². The van der Waals surface area contributed by atoms with Crippen molar-refractivity contribution in [1.82, 2.24) is 5.32 Å². The number of rotatable bonds is 3. The minimum Gasteiger partial charge on any atom is -0.490 e. The molecule has 1 aliphatic rings. The molecule has 0 aliphatic carbocycles. The first-order valence-electron chi connectivity index (χ1n) is 5.98.